The van der Waals surface area contributed by atoms with Crippen LogP contribution in [-0.2, 0) is 17.1 Å². The number of hydrogen-bond acceptors (Lipinski definition) is 1. The van der Waals surface area contributed by atoms with Gasteiger partial charge in [-0.2, -0.15) is 0 Å². The molecular formula is C5H11MnN. The summed E-state index contributed by atoms with van der Waals surface area (Å²) < 4.78 is 0. The molecule has 1 heterocycles. The molecule has 1 saturated heterocycles. The molecule has 1 fully saturated rings. The van der Waals surface area contributed by atoms with Gasteiger partial charge in [0.15, 0.2) is 0 Å². The molecule has 0 aromatic heterocycles. The number of rotatable bonds is 0. The van der Waals surface area contributed by atoms with Crippen LogP contribution in [0.3, 0.4) is 0 Å². The van der Waals surface area contributed by atoms with Crippen LogP contribution in [0.5, 0.6) is 0 Å². The fourth-order valence-corrected chi connectivity index (χ4v) is 0.802. The summed E-state index contributed by atoms with van der Waals surface area (Å²) in [5.74, 6) is 0. The van der Waals surface area contributed by atoms with E-state index in [1.54, 1.807) is 0 Å². The van der Waals surface area contributed by atoms with E-state index in [4.69, 9.17) is 0 Å². The Bertz CT molecular complexity index is 23.6. The fraction of sp³-hybridized carbons (Fsp3) is 1.00. The van der Waals surface area contributed by atoms with Gasteiger partial charge in [0.05, 0.1) is 0 Å². The van der Waals surface area contributed by atoms with Crippen LogP contribution in [0.2, 0.25) is 0 Å². The molecule has 1 N–H and O–H groups in total. The van der Waals surface area contributed by atoms with Crippen LogP contribution < -0.4 is 5.32 Å². The molecule has 0 amide bonds. The predicted molar refractivity (Wildman–Crippen MR) is 26.7 cm³/mol. The summed E-state index contributed by atoms with van der Waals surface area (Å²) in [5, 5.41) is 3.28. The van der Waals surface area contributed by atoms with Crippen LogP contribution in [0.15, 0.2) is 0 Å². The van der Waals surface area contributed by atoms with Crippen molar-refractivity contribution < 1.29 is 17.1 Å². The molecule has 1 aliphatic heterocycles. The number of hydrogen-bond donors (Lipinski definition) is 1. The molecule has 1 rings (SSSR count). The Morgan fingerprint density at radius 1 is 0.857 bits per heavy atom. The van der Waals surface area contributed by atoms with Gasteiger partial charge in [-0.05, 0) is 25.9 Å². The van der Waals surface area contributed by atoms with Crippen LogP contribution in [0.1, 0.15) is 19.3 Å². The van der Waals surface area contributed by atoms with E-state index >= 15 is 0 Å². The molecule has 0 saturated carbocycles. The van der Waals surface area contributed by atoms with E-state index in [1.807, 2.05) is 0 Å². The zero-order valence-electron chi connectivity index (χ0n) is 4.41. The minimum absolute atomic E-state index is 0. The Morgan fingerprint density at radius 3 is 1.57 bits per heavy atom. The molecule has 43 valence electrons. The first-order valence-electron chi connectivity index (χ1n) is 2.71. The Hall–Kier alpha value is 0.479. The summed E-state index contributed by atoms with van der Waals surface area (Å²) >= 11 is 0. The van der Waals surface area contributed by atoms with E-state index in [9.17, 15) is 0 Å². The van der Waals surface area contributed by atoms with Gasteiger partial charge in [0.1, 0.15) is 0 Å². The average molecular weight is 140 g/mol. The van der Waals surface area contributed by atoms with Gasteiger partial charge in [-0.3, -0.25) is 0 Å². The van der Waals surface area contributed by atoms with Gasteiger partial charge in [0.25, 0.3) is 0 Å². The molecule has 0 aromatic rings. The van der Waals surface area contributed by atoms with E-state index in [0.717, 1.165) is 0 Å². The van der Waals surface area contributed by atoms with Crippen molar-refractivity contribution in [2.45, 2.75) is 19.3 Å². The van der Waals surface area contributed by atoms with Crippen molar-refractivity contribution in [3.05, 3.63) is 0 Å². The molecule has 7 heavy (non-hydrogen) atoms. The van der Waals surface area contributed by atoms with Crippen molar-refractivity contribution in [3.63, 3.8) is 0 Å². The van der Waals surface area contributed by atoms with Crippen molar-refractivity contribution >= 4 is 0 Å². The average Bonchev–Trinajstić information content (AvgIpc) is 1.72. The normalized spacial score (nSPS) is 20.6. The molecule has 0 aromatic carbocycles. The fourth-order valence-electron chi connectivity index (χ4n) is 0.802. The first-order valence-corrected chi connectivity index (χ1v) is 2.71. The van der Waals surface area contributed by atoms with Gasteiger partial charge in [-0.15, -0.1) is 0 Å². The molecule has 0 atom stereocenters. The smallest absolute Gasteiger partial charge is 0 e. The van der Waals surface area contributed by atoms with E-state index in [0.29, 0.717) is 0 Å². The maximum atomic E-state index is 3.28. The molecule has 0 bridgehead atoms. The van der Waals surface area contributed by atoms with Crippen molar-refractivity contribution in [2.24, 2.45) is 0 Å². The zero-order valence-corrected chi connectivity index (χ0v) is 5.59. The maximum absolute atomic E-state index is 3.28. The van der Waals surface area contributed by atoms with Crippen molar-refractivity contribution in [2.75, 3.05) is 13.1 Å². The Morgan fingerprint density at radius 2 is 1.43 bits per heavy atom. The first kappa shape index (κ1) is 7.48. The Labute approximate surface area is 55.3 Å². The van der Waals surface area contributed by atoms with Crippen LogP contribution in [0.4, 0.5) is 0 Å². The summed E-state index contributed by atoms with van der Waals surface area (Å²) in [4.78, 5) is 0. The van der Waals surface area contributed by atoms with Gasteiger partial charge < -0.3 is 5.32 Å². The van der Waals surface area contributed by atoms with Crippen LogP contribution >= 0.6 is 0 Å². The van der Waals surface area contributed by atoms with Gasteiger partial charge in [0, 0.05) is 17.1 Å². The first-order chi connectivity index (χ1) is 3.00. The molecule has 1 aliphatic rings. The molecule has 0 spiro atoms. The SMILES string of the molecule is C1CCNCC1.[Mn]. The molecule has 2 heteroatoms. The largest absolute Gasteiger partial charge is 0.317 e. The van der Waals surface area contributed by atoms with Gasteiger partial charge >= 0.3 is 0 Å². The molecular weight excluding hydrogens is 129 g/mol. The molecule has 0 unspecified atom stereocenters. The third kappa shape index (κ3) is 3.10. The van der Waals surface area contributed by atoms with Crippen LogP contribution in [0, 0.1) is 0 Å². The second-order valence-corrected chi connectivity index (χ2v) is 1.81. The standard InChI is InChI=1S/C5H11N.Mn/c1-2-4-6-5-3-1;/h6H,1-5H2;. The van der Waals surface area contributed by atoms with Crippen LogP contribution in [-0.4, -0.2) is 13.1 Å². The molecule has 1 radical (unpaired) electrons. The van der Waals surface area contributed by atoms with Crippen LogP contribution in [0.25, 0.3) is 0 Å². The van der Waals surface area contributed by atoms with Gasteiger partial charge in [0.2, 0.25) is 0 Å². The minimum atomic E-state index is 0. The summed E-state index contributed by atoms with van der Waals surface area (Å²) in [6.07, 6.45) is 4.22. The molecule has 1 nitrogen and oxygen atoms in total. The molecule has 0 aliphatic carbocycles. The van der Waals surface area contributed by atoms with Gasteiger partial charge in [-0.1, -0.05) is 6.42 Å². The monoisotopic (exact) mass is 140 g/mol. The summed E-state index contributed by atoms with van der Waals surface area (Å²) in [7, 11) is 0. The third-order valence-corrected chi connectivity index (χ3v) is 1.21. The summed E-state index contributed by atoms with van der Waals surface area (Å²) in [5.41, 5.74) is 0. The quantitative estimate of drug-likeness (QED) is 0.490. The Kier molecular flexibility index (Phi) is 4.95. The number of nitrogens with one attached hydrogen (secondary N) is 1. The maximum Gasteiger partial charge on any atom is 0 e. The summed E-state index contributed by atoms with van der Waals surface area (Å²) in [6.45, 7) is 2.50. The Balaban J connectivity index is 0.000000360. The second kappa shape index (κ2) is 4.63. The van der Waals surface area contributed by atoms with Gasteiger partial charge in [-0.25, -0.2) is 0 Å². The zero-order chi connectivity index (χ0) is 4.24. The second-order valence-electron chi connectivity index (χ2n) is 1.81. The summed E-state index contributed by atoms with van der Waals surface area (Å²) in [6, 6.07) is 0. The van der Waals surface area contributed by atoms with E-state index in [1.165, 1.54) is 32.4 Å². The number of piperidine rings is 1. The van der Waals surface area contributed by atoms with Crippen molar-refractivity contribution in [1.29, 1.82) is 0 Å². The van der Waals surface area contributed by atoms with E-state index in [2.05, 4.69) is 5.32 Å². The van der Waals surface area contributed by atoms with E-state index in [-0.39, 0.29) is 17.1 Å². The van der Waals surface area contributed by atoms with Crippen molar-refractivity contribution in [3.8, 4) is 0 Å². The van der Waals surface area contributed by atoms with Crippen molar-refractivity contribution in [1.82, 2.24) is 5.32 Å². The topological polar surface area (TPSA) is 12.0 Å². The predicted octanol–water partition coefficient (Wildman–Crippen LogP) is 0.757. The third-order valence-electron chi connectivity index (χ3n) is 1.21. The minimum Gasteiger partial charge on any atom is -0.317 e. The van der Waals surface area contributed by atoms with E-state index < -0.39 is 0 Å².